The highest BCUT2D eigenvalue weighted by molar-refractivity contribution is 7.99. The third-order valence-electron chi connectivity index (χ3n) is 4.86. The van der Waals surface area contributed by atoms with Gasteiger partial charge in [0.05, 0.1) is 5.75 Å². The number of hydrogen-bond donors (Lipinski definition) is 1. The van der Waals surface area contributed by atoms with Crippen LogP contribution >= 0.6 is 46.3 Å². The summed E-state index contributed by atoms with van der Waals surface area (Å²) < 4.78 is 1.98. The molecule has 6 nitrogen and oxygen atoms in total. The molecule has 0 spiro atoms. The summed E-state index contributed by atoms with van der Waals surface area (Å²) >= 11 is 15.2. The molecule has 0 unspecified atom stereocenters. The standard InChI is InChI=1S/C24H21Cl2N5OS2/c1-2-11-31-21(12-16-7-4-3-5-8-16)29-30-24(31)33-15-22(32)28-23-27-14-17(34-23)13-18-19(25)9-6-10-20(18)26/h2-10,14H,1,11-13,15H2,(H,27,28,32). The number of aromatic nitrogens is 4. The van der Waals surface area contributed by atoms with Gasteiger partial charge in [0.15, 0.2) is 10.3 Å². The molecule has 34 heavy (non-hydrogen) atoms. The van der Waals surface area contributed by atoms with Gasteiger partial charge in [0.1, 0.15) is 5.82 Å². The summed E-state index contributed by atoms with van der Waals surface area (Å²) in [5, 5.41) is 13.9. The van der Waals surface area contributed by atoms with E-state index >= 15 is 0 Å². The molecule has 0 aliphatic heterocycles. The van der Waals surface area contributed by atoms with Crippen molar-refractivity contribution >= 4 is 57.3 Å². The number of amides is 1. The molecule has 0 fully saturated rings. The first-order valence-corrected chi connectivity index (χ1v) is 13.0. The van der Waals surface area contributed by atoms with Crippen molar-refractivity contribution in [2.45, 2.75) is 24.5 Å². The van der Waals surface area contributed by atoms with Gasteiger partial charge < -0.3 is 9.88 Å². The number of thiazole rings is 1. The van der Waals surface area contributed by atoms with E-state index in [1.165, 1.54) is 23.1 Å². The molecule has 0 aliphatic carbocycles. The van der Waals surface area contributed by atoms with E-state index in [1.54, 1.807) is 24.4 Å². The van der Waals surface area contributed by atoms with Gasteiger partial charge in [0.2, 0.25) is 5.91 Å². The molecule has 4 rings (SSSR count). The van der Waals surface area contributed by atoms with Crippen LogP contribution in [0, 0.1) is 0 Å². The Morgan fingerprint density at radius 3 is 2.59 bits per heavy atom. The molecule has 174 valence electrons. The molecule has 0 saturated carbocycles. The number of carbonyl (C=O) groups is 1. The van der Waals surface area contributed by atoms with E-state index in [-0.39, 0.29) is 11.7 Å². The molecule has 2 aromatic carbocycles. The maximum atomic E-state index is 12.5. The van der Waals surface area contributed by atoms with Gasteiger partial charge in [-0.3, -0.25) is 4.79 Å². The van der Waals surface area contributed by atoms with Crippen LogP contribution in [-0.4, -0.2) is 31.4 Å². The second kappa shape index (κ2) is 11.7. The lowest BCUT2D eigenvalue weighted by molar-refractivity contribution is -0.113. The van der Waals surface area contributed by atoms with Crippen LogP contribution in [0.3, 0.4) is 0 Å². The smallest absolute Gasteiger partial charge is 0.236 e. The van der Waals surface area contributed by atoms with E-state index in [9.17, 15) is 4.79 Å². The zero-order valence-corrected chi connectivity index (χ0v) is 21.2. The monoisotopic (exact) mass is 529 g/mol. The van der Waals surface area contributed by atoms with E-state index in [2.05, 4.69) is 39.2 Å². The van der Waals surface area contributed by atoms with Gasteiger partial charge >= 0.3 is 0 Å². The zero-order chi connectivity index (χ0) is 23.9. The predicted molar refractivity (Wildman–Crippen MR) is 140 cm³/mol. The minimum Gasteiger partial charge on any atom is -0.302 e. The first kappa shape index (κ1) is 24.5. The summed E-state index contributed by atoms with van der Waals surface area (Å²) in [7, 11) is 0. The lowest BCUT2D eigenvalue weighted by Crippen LogP contribution is -2.14. The molecular formula is C24H21Cl2N5OS2. The molecule has 0 aliphatic rings. The molecule has 2 heterocycles. The fraction of sp³-hybridized carbons (Fsp3) is 0.167. The Morgan fingerprint density at radius 2 is 1.85 bits per heavy atom. The van der Waals surface area contributed by atoms with E-state index in [1.807, 2.05) is 28.8 Å². The Hall–Kier alpha value is -2.65. The van der Waals surface area contributed by atoms with Gasteiger partial charge in [-0.2, -0.15) is 0 Å². The molecule has 0 atom stereocenters. The second-order valence-electron chi connectivity index (χ2n) is 7.31. The summed E-state index contributed by atoms with van der Waals surface area (Å²) in [5.41, 5.74) is 1.99. The van der Waals surface area contributed by atoms with Crippen molar-refractivity contribution in [3.63, 3.8) is 0 Å². The molecule has 0 bridgehead atoms. The number of allylic oxidation sites excluding steroid dienone is 1. The normalized spacial score (nSPS) is 10.9. The van der Waals surface area contributed by atoms with Gasteiger partial charge in [-0.15, -0.1) is 28.1 Å². The largest absolute Gasteiger partial charge is 0.302 e. The summed E-state index contributed by atoms with van der Waals surface area (Å²) in [4.78, 5) is 17.8. The van der Waals surface area contributed by atoms with Crippen LogP contribution in [0.1, 0.15) is 21.8 Å². The van der Waals surface area contributed by atoms with Gasteiger partial charge in [-0.05, 0) is 23.3 Å². The summed E-state index contributed by atoms with van der Waals surface area (Å²) in [6.45, 7) is 4.40. The van der Waals surface area contributed by atoms with Gasteiger partial charge in [-0.1, -0.05) is 77.4 Å². The number of thioether (sulfide) groups is 1. The molecule has 1 N–H and O–H groups in total. The van der Waals surface area contributed by atoms with Crippen molar-refractivity contribution in [2.24, 2.45) is 0 Å². The first-order valence-electron chi connectivity index (χ1n) is 10.4. The average Bonchev–Trinajstić information content (AvgIpc) is 3.43. The van der Waals surface area contributed by atoms with Crippen molar-refractivity contribution in [2.75, 3.05) is 11.1 Å². The fourth-order valence-corrected chi connectivity index (χ4v) is 5.39. The Balaban J connectivity index is 1.36. The van der Waals surface area contributed by atoms with Crippen molar-refractivity contribution in [1.82, 2.24) is 19.7 Å². The highest BCUT2D eigenvalue weighted by Crippen LogP contribution is 2.30. The Labute approximate surface area is 216 Å². The van der Waals surface area contributed by atoms with Crippen molar-refractivity contribution in [1.29, 1.82) is 0 Å². The minimum absolute atomic E-state index is 0.167. The molecular weight excluding hydrogens is 509 g/mol. The summed E-state index contributed by atoms with van der Waals surface area (Å²) in [6, 6.07) is 15.5. The zero-order valence-electron chi connectivity index (χ0n) is 18.1. The van der Waals surface area contributed by atoms with Crippen LogP contribution < -0.4 is 5.32 Å². The summed E-state index contributed by atoms with van der Waals surface area (Å²) in [6.07, 6.45) is 4.73. The van der Waals surface area contributed by atoms with Crippen LogP contribution in [-0.2, 0) is 24.2 Å². The first-order chi connectivity index (χ1) is 16.5. The number of benzene rings is 2. The molecule has 0 radical (unpaired) electrons. The molecule has 1 amide bonds. The number of halogens is 2. The predicted octanol–water partition coefficient (Wildman–Crippen LogP) is 6.14. The van der Waals surface area contributed by atoms with Crippen LogP contribution in [0.4, 0.5) is 5.13 Å². The third-order valence-corrected chi connectivity index (χ3v) is 7.44. The minimum atomic E-state index is -0.167. The van der Waals surface area contributed by atoms with Crippen molar-refractivity contribution in [3.05, 3.63) is 99.3 Å². The second-order valence-corrected chi connectivity index (χ2v) is 10.2. The number of carbonyl (C=O) groups excluding carboxylic acids is 1. The number of nitrogens with one attached hydrogen (secondary N) is 1. The Kier molecular flexibility index (Phi) is 8.39. The van der Waals surface area contributed by atoms with Crippen LogP contribution in [0.2, 0.25) is 10.0 Å². The number of rotatable bonds is 10. The van der Waals surface area contributed by atoms with Crippen LogP contribution in [0.15, 0.2) is 72.5 Å². The van der Waals surface area contributed by atoms with E-state index < -0.39 is 0 Å². The van der Waals surface area contributed by atoms with Crippen molar-refractivity contribution in [3.8, 4) is 0 Å². The van der Waals surface area contributed by atoms with Crippen LogP contribution in [0.5, 0.6) is 0 Å². The average molecular weight is 531 g/mol. The quantitative estimate of drug-likeness (QED) is 0.197. The SMILES string of the molecule is C=CCn1c(Cc2ccccc2)nnc1SCC(=O)Nc1ncc(Cc2c(Cl)cccc2Cl)s1. The highest BCUT2D eigenvalue weighted by atomic mass is 35.5. The van der Waals surface area contributed by atoms with Gasteiger partial charge in [-0.25, -0.2) is 4.98 Å². The summed E-state index contributed by atoms with van der Waals surface area (Å²) in [5.74, 6) is 0.850. The van der Waals surface area contributed by atoms with Crippen molar-refractivity contribution < 1.29 is 4.79 Å². The molecule has 2 aromatic heterocycles. The maximum Gasteiger partial charge on any atom is 0.236 e. The van der Waals surface area contributed by atoms with Gasteiger partial charge in [0, 0.05) is 40.5 Å². The number of nitrogens with zero attached hydrogens (tertiary/aromatic N) is 4. The Bertz CT molecular complexity index is 1270. The van der Waals surface area contributed by atoms with E-state index in [0.717, 1.165) is 21.8 Å². The molecule has 4 aromatic rings. The third kappa shape index (κ3) is 6.27. The fourth-order valence-electron chi connectivity index (χ4n) is 3.26. The lowest BCUT2D eigenvalue weighted by atomic mass is 10.1. The highest BCUT2D eigenvalue weighted by Gasteiger charge is 2.15. The Morgan fingerprint density at radius 1 is 1.09 bits per heavy atom. The maximum absolute atomic E-state index is 12.5. The van der Waals surface area contributed by atoms with Gasteiger partial charge in [0.25, 0.3) is 0 Å². The lowest BCUT2D eigenvalue weighted by Gasteiger charge is -2.07. The molecule has 10 heteroatoms. The van der Waals surface area contributed by atoms with E-state index in [0.29, 0.717) is 39.7 Å². The topological polar surface area (TPSA) is 72.7 Å². The molecule has 0 saturated heterocycles. The van der Waals surface area contributed by atoms with Crippen LogP contribution in [0.25, 0.3) is 0 Å². The number of anilines is 1. The number of hydrogen-bond acceptors (Lipinski definition) is 6. The van der Waals surface area contributed by atoms with E-state index in [4.69, 9.17) is 23.2 Å².